The fourth-order valence-electron chi connectivity index (χ4n) is 4.62. The van der Waals surface area contributed by atoms with Crippen LogP contribution in [0.25, 0.3) is 5.52 Å². The predicted molar refractivity (Wildman–Crippen MR) is 112 cm³/mol. The molecule has 3 fully saturated rings. The lowest BCUT2D eigenvalue weighted by molar-refractivity contribution is -0.124. The third-order valence-electron chi connectivity index (χ3n) is 6.07. The number of halogens is 2. The number of ether oxygens (including phenoxy) is 1. The van der Waals surface area contributed by atoms with Crippen molar-refractivity contribution < 1.29 is 18.7 Å². The number of carbonyl (C=O) groups excluding carboxylic acids is 2. The number of carbonyl (C=O) groups is 2. The molecule has 1 aromatic carbocycles. The van der Waals surface area contributed by atoms with Crippen molar-refractivity contribution in [2.45, 2.75) is 30.8 Å². The van der Waals surface area contributed by atoms with Crippen LogP contribution in [0.5, 0.6) is 5.75 Å². The fourth-order valence-corrected chi connectivity index (χ4v) is 4.74. The molecule has 2 N–H and O–H groups in total. The number of fused-ring (bicyclic) bond motifs is 2. The first kappa shape index (κ1) is 19.8. The third kappa shape index (κ3) is 3.83. The number of amides is 2. The van der Waals surface area contributed by atoms with E-state index in [2.05, 4.69) is 15.7 Å². The normalized spacial score (nSPS) is 23.9. The average Bonchev–Trinajstić information content (AvgIpc) is 3.39. The summed E-state index contributed by atoms with van der Waals surface area (Å²) in [5, 5.41) is 10.4. The highest BCUT2D eigenvalue weighted by Gasteiger charge is 2.57. The highest BCUT2D eigenvalue weighted by Crippen LogP contribution is 2.52. The molecule has 3 saturated carbocycles. The maximum atomic E-state index is 13.5. The van der Waals surface area contributed by atoms with Crippen LogP contribution in [0, 0.1) is 11.7 Å². The van der Waals surface area contributed by atoms with Gasteiger partial charge >= 0.3 is 0 Å². The Morgan fingerprint density at radius 2 is 2.06 bits per heavy atom. The van der Waals surface area contributed by atoms with E-state index >= 15 is 0 Å². The molecule has 2 amide bonds. The monoisotopic (exact) mass is 442 g/mol. The minimum absolute atomic E-state index is 0.00137. The molecule has 3 aliphatic rings. The van der Waals surface area contributed by atoms with Gasteiger partial charge in [-0.15, -0.1) is 0 Å². The van der Waals surface area contributed by atoms with Crippen LogP contribution in [0.15, 0.2) is 48.7 Å². The smallest absolute Gasteiger partial charge is 0.272 e. The van der Waals surface area contributed by atoms with E-state index in [1.807, 2.05) is 18.2 Å². The number of aromatic nitrogens is 2. The Hall–Kier alpha value is -3.13. The van der Waals surface area contributed by atoms with E-state index < -0.39 is 5.82 Å². The SMILES string of the molecule is O=C(COc1ccc(Cl)c(F)c1)N[C@H]1CC2(NC(=O)c3cc4ccccn4n3)CC1C2. The van der Waals surface area contributed by atoms with E-state index in [0.717, 1.165) is 24.4 Å². The summed E-state index contributed by atoms with van der Waals surface area (Å²) in [7, 11) is 0. The molecule has 3 aromatic rings. The van der Waals surface area contributed by atoms with E-state index in [1.165, 1.54) is 12.1 Å². The maximum Gasteiger partial charge on any atom is 0.272 e. The number of nitrogens with zero attached hydrogens (tertiary/aromatic N) is 2. The number of benzene rings is 1. The first-order chi connectivity index (χ1) is 14.9. The molecule has 160 valence electrons. The molecule has 0 radical (unpaired) electrons. The number of rotatable bonds is 6. The van der Waals surface area contributed by atoms with Crippen LogP contribution in [0.4, 0.5) is 4.39 Å². The van der Waals surface area contributed by atoms with Crippen molar-refractivity contribution in [3.05, 3.63) is 65.2 Å². The molecular weight excluding hydrogens is 423 g/mol. The van der Waals surface area contributed by atoms with Gasteiger partial charge in [0, 0.05) is 23.8 Å². The molecule has 2 bridgehead atoms. The quantitative estimate of drug-likeness (QED) is 0.614. The van der Waals surface area contributed by atoms with Crippen LogP contribution in [0.3, 0.4) is 0 Å². The summed E-state index contributed by atoms with van der Waals surface area (Å²) in [6.07, 6.45) is 4.10. The summed E-state index contributed by atoms with van der Waals surface area (Å²) in [4.78, 5) is 25.0. The standard InChI is InChI=1S/C22H20ClFN4O3/c23-16-5-4-15(8-17(16)24)31-12-20(29)25-19-11-22(9-13(19)10-22)26-21(30)18-7-14-3-1-2-6-28(14)27-18/h1-8,13,19H,9-12H2,(H,25,29)(H,26,30)/t13?,19-,22?/m0/s1. The maximum absolute atomic E-state index is 13.5. The second-order valence-electron chi connectivity index (χ2n) is 8.25. The predicted octanol–water partition coefficient (Wildman–Crippen LogP) is 2.97. The average molecular weight is 443 g/mol. The van der Waals surface area contributed by atoms with E-state index in [4.69, 9.17) is 16.3 Å². The van der Waals surface area contributed by atoms with E-state index in [1.54, 1.807) is 16.8 Å². The second kappa shape index (κ2) is 7.53. The van der Waals surface area contributed by atoms with Crippen molar-refractivity contribution in [1.29, 1.82) is 0 Å². The molecule has 0 spiro atoms. The molecule has 31 heavy (non-hydrogen) atoms. The summed E-state index contributed by atoms with van der Waals surface area (Å²) in [6, 6.07) is 11.4. The lowest BCUT2D eigenvalue weighted by atomic mass is 9.76. The molecule has 1 atom stereocenters. The molecule has 7 nitrogen and oxygen atoms in total. The highest BCUT2D eigenvalue weighted by molar-refractivity contribution is 6.30. The Balaban J connectivity index is 1.14. The Morgan fingerprint density at radius 1 is 1.23 bits per heavy atom. The minimum atomic E-state index is -0.598. The van der Waals surface area contributed by atoms with Crippen molar-refractivity contribution in [1.82, 2.24) is 20.2 Å². The van der Waals surface area contributed by atoms with Gasteiger partial charge in [0.05, 0.1) is 10.5 Å². The van der Waals surface area contributed by atoms with E-state index in [9.17, 15) is 14.0 Å². The third-order valence-corrected chi connectivity index (χ3v) is 6.38. The van der Waals surface area contributed by atoms with Gasteiger partial charge in [-0.3, -0.25) is 9.59 Å². The van der Waals surface area contributed by atoms with Crippen molar-refractivity contribution in [3.8, 4) is 5.75 Å². The molecule has 2 heterocycles. The van der Waals surface area contributed by atoms with Gasteiger partial charge in [-0.05, 0) is 55.5 Å². The molecule has 3 aliphatic carbocycles. The molecule has 9 heteroatoms. The molecule has 2 aromatic heterocycles. The lowest BCUT2D eigenvalue weighted by Crippen LogP contribution is -2.52. The number of hydrogen-bond donors (Lipinski definition) is 2. The van der Waals surface area contributed by atoms with Gasteiger partial charge in [0.15, 0.2) is 12.3 Å². The molecule has 6 rings (SSSR count). The van der Waals surface area contributed by atoms with Crippen molar-refractivity contribution in [2.75, 3.05) is 6.61 Å². The van der Waals surface area contributed by atoms with Crippen LogP contribution < -0.4 is 15.4 Å². The zero-order valence-corrected chi connectivity index (χ0v) is 17.2. The largest absolute Gasteiger partial charge is 0.484 e. The summed E-state index contributed by atoms with van der Waals surface area (Å²) >= 11 is 5.64. The second-order valence-corrected chi connectivity index (χ2v) is 8.65. The number of pyridine rings is 1. The Labute approximate surface area is 182 Å². The Bertz CT molecular complexity index is 1140. The van der Waals surface area contributed by atoms with Gasteiger partial charge in [0.1, 0.15) is 11.6 Å². The molecule has 0 unspecified atom stereocenters. The Kier molecular flexibility index (Phi) is 4.81. The summed E-state index contributed by atoms with van der Waals surface area (Å²) in [5.41, 5.74) is 0.921. The van der Waals surface area contributed by atoms with Crippen molar-refractivity contribution in [3.63, 3.8) is 0 Å². The topological polar surface area (TPSA) is 84.7 Å². The zero-order chi connectivity index (χ0) is 21.6. The van der Waals surface area contributed by atoms with Crippen LogP contribution in [-0.4, -0.2) is 39.6 Å². The summed E-state index contributed by atoms with van der Waals surface area (Å²) in [6.45, 7) is -0.217. The summed E-state index contributed by atoms with van der Waals surface area (Å²) in [5.74, 6) is -0.529. The highest BCUT2D eigenvalue weighted by atomic mass is 35.5. The number of hydrogen-bond acceptors (Lipinski definition) is 4. The van der Waals surface area contributed by atoms with Crippen LogP contribution in [0.1, 0.15) is 29.8 Å². The minimum Gasteiger partial charge on any atom is -0.484 e. The van der Waals surface area contributed by atoms with Crippen LogP contribution in [0.2, 0.25) is 5.02 Å². The summed E-state index contributed by atoms with van der Waals surface area (Å²) < 4.78 is 20.5. The van der Waals surface area contributed by atoms with Gasteiger partial charge in [0.2, 0.25) is 0 Å². The first-order valence-electron chi connectivity index (χ1n) is 10.0. The zero-order valence-electron chi connectivity index (χ0n) is 16.5. The van der Waals surface area contributed by atoms with Crippen molar-refractivity contribution in [2.24, 2.45) is 5.92 Å². The van der Waals surface area contributed by atoms with Gasteiger partial charge in [-0.25, -0.2) is 8.91 Å². The first-order valence-corrected chi connectivity index (χ1v) is 10.4. The van der Waals surface area contributed by atoms with Crippen molar-refractivity contribution >= 4 is 28.9 Å². The van der Waals surface area contributed by atoms with Gasteiger partial charge < -0.3 is 15.4 Å². The van der Waals surface area contributed by atoms with E-state index in [0.29, 0.717) is 18.0 Å². The van der Waals surface area contributed by atoms with Gasteiger partial charge in [-0.1, -0.05) is 17.7 Å². The number of nitrogens with one attached hydrogen (secondary N) is 2. The molecule has 0 saturated heterocycles. The van der Waals surface area contributed by atoms with Crippen LogP contribution in [-0.2, 0) is 4.79 Å². The lowest BCUT2D eigenvalue weighted by Gasteiger charge is -2.38. The van der Waals surface area contributed by atoms with E-state index in [-0.39, 0.29) is 40.8 Å². The fraction of sp³-hybridized carbons (Fsp3) is 0.318. The molecular formula is C22H20ClFN4O3. The van der Waals surface area contributed by atoms with Gasteiger partial charge in [0.25, 0.3) is 11.8 Å². The van der Waals surface area contributed by atoms with Gasteiger partial charge in [-0.2, -0.15) is 5.10 Å². The Morgan fingerprint density at radius 3 is 2.84 bits per heavy atom. The van der Waals surface area contributed by atoms with Crippen LogP contribution >= 0.6 is 11.6 Å². The molecule has 0 aliphatic heterocycles.